The molecule has 4 aromatic rings. The summed E-state index contributed by atoms with van der Waals surface area (Å²) in [7, 11) is -4.14. The first-order valence-electron chi connectivity index (χ1n) is 16.5. The van der Waals surface area contributed by atoms with Gasteiger partial charge in [-0.15, -0.1) is 11.3 Å². The van der Waals surface area contributed by atoms with E-state index >= 15 is 0 Å². The van der Waals surface area contributed by atoms with Gasteiger partial charge in [-0.05, 0) is 117 Å². The summed E-state index contributed by atoms with van der Waals surface area (Å²) < 4.78 is 33.9. The summed E-state index contributed by atoms with van der Waals surface area (Å²) in [6.45, 7) is 1.78. The van der Waals surface area contributed by atoms with Crippen LogP contribution in [0, 0.1) is 0 Å². The second-order valence-corrected chi connectivity index (χ2v) is 15.2. The number of aryl methyl sites for hydroxylation is 3. The number of anilines is 2. The van der Waals surface area contributed by atoms with Gasteiger partial charge >= 0.3 is 11.9 Å². The summed E-state index contributed by atoms with van der Waals surface area (Å²) in [4.78, 5) is 51.6. The molecule has 50 heavy (non-hydrogen) atoms. The number of amides is 2. The van der Waals surface area contributed by atoms with Crippen molar-refractivity contribution < 1.29 is 37.4 Å². The van der Waals surface area contributed by atoms with E-state index < -0.39 is 33.4 Å². The standard InChI is InChI=1S/C37H37N3O8S2/c1-2-48-36(45)37(20-21-37)40-50(46,47)28-7-5-6-26(22-28)32(41)39-34-31(29-8-3-4-9-30(29)49-34)33(42)38-27-18-14-24(15-19-27)11-10-23-12-16-25(17-13-23)35(43)44/h5-7,12-19,22,40H,2-4,8-11,20-21H2,1H3,(H,38,42)(H,39,41)(H,43,44). The van der Waals surface area contributed by atoms with E-state index in [4.69, 9.17) is 9.84 Å². The Morgan fingerprint density at radius 2 is 1.50 bits per heavy atom. The molecule has 11 nitrogen and oxygen atoms in total. The van der Waals surface area contributed by atoms with Crippen LogP contribution in [0.2, 0.25) is 0 Å². The van der Waals surface area contributed by atoms with Crippen molar-refractivity contribution in [1.82, 2.24) is 4.72 Å². The highest BCUT2D eigenvalue weighted by molar-refractivity contribution is 7.89. The summed E-state index contributed by atoms with van der Waals surface area (Å²) in [6.07, 6.45) is 5.53. The third-order valence-corrected chi connectivity index (χ3v) is 11.6. The molecule has 6 rings (SSSR count). The number of carbonyl (C=O) groups excluding carboxylic acids is 3. The highest BCUT2D eigenvalue weighted by Gasteiger charge is 2.54. The van der Waals surface area contributed by atoms with Gasteiger partial charge in [0.15, 0.2) is 0 Å². The lowest BCUT2D eigenvalue weighted by atomic mass is 9.95. The largest absolute Gasteiger partial charge is 0.478 e. The van der Waals surface area contributed by atoms with Crippen molar-refractivity contribution in [2.75, 3.05) is 17.2 Å². The van der Waals surface area contributed by atoms with Crippen molar-refractivity contribution in [3.05, 3.63) is 111 Å². The lowest BCUT2D eigenvalue weighted by molar-refractivity contribution is -0.146. The average molecular weight is 716 g/mol. The number of sulfonamides is 1. The van der Waals surface area contributed by atoms with Gasteiger partial charge in [-0.25, -0.2) is 13.2 Å². The van der Waals surface area contributed by atoms with Crippen LogP contribution in [0.4, 0.5) is 10.7 Å². The van der Waals surface area contributed by atoms with Gasteiger partial charge in [0, 0.05) is 16.1 Å². The van der Waals surface area contributed by atoms with Crippen molar-refractivity contribution >= 4 is 55.8 Å². The third kappa shape index (κ3) is 7.80. The molecule has 0 unspecified atom stereocenters. The van der Waals surface area contributed by atoms with Gasteiger partial charge in [0.2, 0.25) is 10.0 Å². The first-order chi connectivity index (χ1) is 24.0. The molecular formula is C37H37N3O8S2. The van der Waals surface area contributed by atoms with Crippen LogP contribution >= 0.6 is 11.3 Å². The van der Waals surface area contributed by atoms with Crippen LogP contribution in [0.25, 0.3) is 0 Å². The van der Waals surface area contributed by atoms with Gasteiger partial charge in [0.25, 0.3) is 11.8 Å². The first-order valence-corrected chi connectivity index (χ1v) is 18.8. The van der Waals surface area contributed by atoms with Crippen LogP contribution in [0.1, 0.15) is 85.2 Å². The van der Waals surface area contributed by atoms with E-state index in [0.29, 0.717) is 35.5 Å². The van der Waals surface area contributed by atoms with Crippen LogP contribution in [0.5, 0.6) is 0 Å². The molecule has 2 amide bonds. The fourth-order valence-electron chi connectivity index (χ4n) is 5.98. The number of rotatable bonds is 13. The normalized spacial score (nSPS) is 14.7. The van der Waals surface area contributed by atoms with Gasteiger partial charge in [0.05, 0.1) is 22.6 Å². The van der Waals surface area contributed by atoms with Crippen molar-refractivity contribution in [1.29, 1.82) is 0 Å². The fourth-order valence-corrected chi connectivity index (χ4v) is 8.72. The predicted molar refractivity (Wildman–Crippen MR) is 189 cm³/mol. The molecule has 1 aromatic heterocycles. The summed E-state index contributed by atoms with van der Waals surface area (Å²) in [6, 6.07) is 19.9. The molecule has 0 saturated heterocycles. The Balaban J connectivity index is 1.15. The maximum atomic E-state index is 13.8. The highest BCUT2D eigenvalue weighted by atomic mass is 32.2. The number of hydrogen-bond acceptors (Lipinski definition) is 8. The SMILES string of the molecule is CCOC(=O)C1(NS(=O)(=O)c2cccc(C(=O)Nc3sc4c(c3C(=O)Nc3ccc(CCc5ccc(C(=O)O)cc5)cc3)CCCC4)c2)CC1. The van der Waals surface area contributed by atoms with E-state index in [-0.39, 0.29) is 28.5 Å². The second kappa shape index (κ2) is 14.6. The summed E-state index contributed by atoms with van der Waals surface area (Å²) >= 11 is 1.36. The Morgan fingerprint density at radius 3 is 2.14 bits per heavy atom. The second-order valence-electron chi connectivity index (χ2n) is 12.5. The molecule has 4 N–H and O–H groups in total. The van der Waals surface area contributed by atoms with Crippen molar-refractivity contribution in [2.45, 2.75) is 68.7 Å². The molecule has 2 aliphatic carbocycles. The fraction of sp³-hybridized carbons (Fsp3) is 0.297. The number of nitrogens with one attached hydrogen (secondary N) is 3. The van der Waals surface area contributed by atoms with Crippen molar-refractivity contribution in [2.24, 2.45) is 0 Å². The topological polar surface area (TPSA) is 168 Å². The number of carbonyl (C=O) groups is 4. The summed E-state index contributed by atoms with van der Waals surface area (Å²) in [5.41, 5.74) is 3.03. The van der Waals surface area contributed by atoms with Gasteiger partial charge in [-0.3, -0.25) is 14.4 Å². The van der Waals surface area contributed by atoms with E-state index in [0.717, 1.165) is 53.7 Å². The molecule has 0 aliphatic heterocycles. The first kappa shape index (κ1) is 35.0. The Hall–Kier alpha value is -4.85. The minimum atomic E-state index is -4.14. The molecule has 1 saturated carbocycles. The number of benzene rings is 3. The van der Waals surface area contributed by atoms with Gasteiger partial charge < -0.3 is 20.5 Å². The molecule has 2 aliphatic rings. The Labute approximate surface area is 294 Å². The molecule has 0 bridgehead atoms. The van der Waals surface area contributed by atoms with Gasteiger partial charge in [-0.1, -0.05) is 30.3 Å². The molecule has 3 aromatic carbocycles. The number of carboxylic acids is 1. The van der Waals surface area contributed by atoms with Crippen LogP contribution in [0.15, 0.2) is 77.7 Å². The Kier molecular flexibility index (Phi) is 10.2. The van der Waals surface area contributed by atoms with Gasteiger partial charge in [0.1, 0.15) is 10.5 Å². The molecule has 0 radical (unpaired) electrons. The van der Waals surface area contributed by atoms with Crippen LogP contribution in [0.3, 0.4) is 0 Å². The zero-order valence-electron chi connectivity index (χ0n) is 27.4. The number of hydrogen-bond donors (Lipinski definition) is 4. The number of esters is 1. The molecule has 13 heteroatoms. The van der Waals surface area contributed by atoms with Crippen molar-refractivity contribution in [3.8, 4) is 0 Å². The third-order valence-electron chi connectivity index (χ3n) is 8.89. The minimum absolute atomic E-state index is 0.0833. The Morgan fingerprint density at radius 1 is 0.840 bits per heavy atom. The monoisotopic (exact) mass is 715 g/mol. The smallest absolute Gasteiger partial charge is 0.335 e. The summed E-state index contributed by atoms with van der Waals surface area (Å²) in [5.74, 6) is -2.50. The highest BCUT2D eigenvalue weighted by Crippen LogP contribution is 2.40. The van der Waals surface area contributed by atoms with Gasteiger partial charge in [-0.2, -0.15) is 4.72 Å². The lowest BCUT2D eigenvalue weighted by Gasteiger charge is -2.16. The predicted octanol–water partition coefficient (Wildman–Crippen LogP) is 5.99. The summed E-state index contributed by atoms with van der Waals surface area (Å²) in [5, 5.41) is 15.3. The molecule has 1 heterocycles. The van der Waals surface area contributed by atoms with Crippen LogP contribution < -0.4 is 15.4 Å². The molecular weight excluding hydrogens is 679 g/mol. The number of ether oxygens (including phenoxy) is 1. The minimum Gasteiger partial charge on any atom is -0.478 e. The van der Waals surface area contributed by atoms with Crippen LogP contribution in [-0.2, 0) is 45.2 Å². The number of thiophene rings is 1. The Bertz CT molecular complexity index is 2050. The average Bonchev–Trinajstić information content (AvgIpc) is 3.79. The van der Waals surface area contributed by atoms with Crippen LogP contribution in [-0.4, -0.2) is 49.4 Å². The zero-order valence-corrected chi connectivity index (χ0v) is 29.0. The quantitative estimate of drug-likeness (QED) is 0.123. The van der Waals surface area contributed by atoms with E-state index in [2.05, 4.69) is 15.4 Å². The number of aromatic carboxylic acids is 1. The molecule has 1 fully saturated rings. The lowest BCUT2D eigenvalue weighted by Crippen LogP contribution is -2.44. The van der Waals surface area contributed by atoms with Crippen molar-refractivity contribution in [3.63, 3.8) is 0 Å². The van der Waals surface area contributed by atoms with E-state index in [9.17, 15) is 27.6 Å². The zero-order chi connectivity index (χ0) is 35.5. The van der Waals surface area contributed by atoms with E-state index in [1.165, 1.54) is 35.6 Å². The number of fused-ring (bicyclic) bond motifs is 1. The molecule has 260 valence electrons. The van der Waals surface area contributed by atoms with E-state index in [1.54, 1.807) is 19.1 Å². The maximum absolute atomic E-state index is 13.8. The van der Waals surface area contributed by atoms with E-state index in [1.807, 2.05) is 36.4 Å². The molecule has 0 atom stereocenters. The molecule has 0 spiro atoms. The maximum Gasteiger partial charge on any atom is 0.335 e. The number of carboxylic acid groups (broad SMARTS) is 1.